The van der Waals surface area contributed by atoms with Crippen LogP contribution in [0.1, 0.15) is 30.4 Å². The van der Waals surface area contributed by atoms with Crippen molar-refractivity contribution in [2.24, 2.45) is 10.9 Å². The van der Waals surface area contributed by atoms with Crippen molar-refractivity contribution in [1.82, 2.24) is 15.5 Å². The third kappa shape index (κ3) is 6.24. The number of likely N-dealkylation sites (tertiary alicyclic amines) is 1. The fourth-order valence-corrected chi connectivity index (χ4v) is 3.39. The van der Waals surface area contributed by atoms with Crippen molar-refractivity contribution in [3.05, 3.63) is 29.3 Å². The van der Waals surface area contributed by atoms with Crippen LogP contribution in [0.4, 0.5) is 0 Å². The first kappa shape index (κ1) is 20.1. The minimum Gasteiger partial charge on any atom is -0.492 e. The van der Waals surface area contributed by atoms with E-state index >= 15 is 0 Å². The Morgan fingerprint density at radius 3 is 2.46 bits per heavy atom. The smallest absolute Gasteiger partial charge is 0.220 e. The molecule has 1 aromatic rings. The highest BCUT2D eigenvalue weighted by molar-refractivity contribution is 5.80. The fraction of sp³-hybridized carbons (Fsp3) is 0.600. The van der Waals surface area contributed by atoms with Crippen LogP contribution in [0.15, 0.2) is 23.2 Å². The van der Waals surface area contributed by atoms with E-state index in [0.717, 1.165) is 37.6 Å². The Bertz CT molecular complexity index is 602. The van der Waals surface area contributed by atoms with Gasteiger partial charge < -0.3 is 20.3 Å². The quantitative estimate of drug-likeness (QED) is 0.463. The monoisotopic (exact) mass is 360 g/mol. The summed E-state index contributed by atoms with van der Waals surface area (Å²) in [6.07, 6.45) is 2.67. The molecule has 1 saturated heterocycles. The number of carbonyl (C=O) groups is 1. The van der Waals surface area contributed by atoms with Crippen LogP contribution in [0.25, 0.3) is 0 Å². The molecule has 1 aromatic carbocycles. The average Bonchev–Trinajstić information content (AvgIpc) is 2.62. The van der Waals surface area contributed by atoms with Gasteiger partial charge in [-0.2, -0.15) is 0 Å². The predicted molar refractivity (Wildman–Crippen MR) is 106 cm³/mol. The van der Waals surface area contributed by atoms with Crippen molar-refractivity contribution >= 4 is 11.9 Å². The van der Waals surface area contributed by atoms with E-state index in [1.807, 2.05) is 7.05 Å². The summed E-state index contributed by atoms with van der Waals surface area (Å²) in [7, 11) is 3.51. The fourth-order valence-electron chi connectivity index (χ4n) is 3.39. The van der Waals surface area contributed by atoms with E-state index in [-0.39, 0.29) is 5.91 Å². The predicted octanol–water partition coefficient (Wildman–Crippen LogP) is 2.11. The van der Waals surface area contributed by atoms with Crippen LogP contribution in [0.5, 0.6) is 5.75 Å². The zero-order valence-corrected chi connectivity index (χ0v) is 16.5. The molecule has 0 aromatic heterocycles. The Labute approximate surface area is 157 Å². The van der Waals surface area contributed by atoms with Gasteiger partial charge in [-0.1, -0.05) is 6.07 Å². The summed E-state index contributed by atoms with van der Waals surface area (Å²) in [5.41, 5.74) is 2.42. The van der Waals surface area contributed by atoms with Crippen molar-refractivity contribution < 1.29 is 9.53 Å². The van der Waals surface area contributed by atoms with Crippen LogP contribution in [0, 0.1) is 19.8 Å². The van der Waals surface area contributed by atoms with Gasteiger partial charge in [-0.05, 0) is 55.9 Å². The normalized spacial score (nSPS) is 15.7. The number of amides is 1. The van der Waals surface area contributed by atoms with Crippen LogP contribution in [0.3, 0.4) is 0 Å². The summed E-state index contributed by atoms with van der Waals surface area (Å²) < 4.78 is 5.84. The lowest BCUT2D eigenvalue weighted by molar-refractivity contribution is -0.121. The van der Waals surface area contributed by atoms with Gasteiger partial charge in [0.05, 0.1) is 6.54 Å². The molecular formula is C20H32N4O2. The van der Waals surface area contributed by atoms with E-state index in [1.165, 1.54) is 11.1 Å². The summed E-state index contributed by atoms with van der Waals surface area (Å²) in [6.45, 7) is 7.31. The number of hydrogen-bond acceptors (Lipinski definition) is 3. The van der Waals surface area contributed by atoms with Crippen molar-refractivity contribution in [3.8, 4) is 5.75 Å². The van der Waals surface area contributed by atoms with Gasteiger partial charge >= 0.3 is 0 Å². The van der Waals surface area contributed by atoms with Gasteiger partial charge in [0.25, 0.3) is 0 Å². The first-order valence-electron chi connectivity index (χ1n) is 9.39. The molecule has 0 saturated carbocycles. The molecule has 0 unspecified atom stereocenters. The molecular weight excluding hydrogens is 328 g/mol. The van der Waals surface area contributed by atoms with Gasteiger partial charge in [0, 0.05) is 33.6 Å². The lowest BCUT2D eigenvalue weighted by Gasteiger charge is -2.34. The van der Waals surface area contributed by atoms with Gasteiger partial charge in [-0.25, -0.2) is 0 Å². The van der Waals surface area contributed by atoms with Gasteiger partial charge in [0.2, 0.25) is 5.91 Å². The first-order chi connectivity index (χ1) is 12.5. The molecule has 26 heavy (non-hydrogen) atoms. The Morgan fingerprint density at radius 2 is 1.88 bits per heavy atom. The molecule has 0 aliphatic carbocycles. The molecule has 0 atom stereocenters. The summed E-state index contributed by atoms with van der Waals surface area (Å²) in [5, 5.41) is 6.09. The van der Waals surface area contributed by atoms with Gasteiger partial charge in [-0.3, -0.25) is 9.79 Å². The third-order valence-corrected chi connectivity index (χ3v) is 4.73. The van der Waals surface area contributed by atoms with E-state index in [0.29, 0.717) is 25.5 Å². The SMILES string of the molecule is CN=C(NCCOc1cc(C)cc(C)c1)N1CCC(CC(=O)NC)CC1. The molecule has 6 heteroatoms. The summed E-state index contributed by atoms with van der Waals surface area (Å²) in [5.74, 6) is 2.42. The molecule has 2 rings (SSSR count). The first-order valence-corrected chi connectivity index (χ1v) is 9.39. The minimum atomic E-state index is 0.134. The minimum absolute atomic E-state index is 0.134. The lowest BCUT2D eigenvalue weighted by atomic mass is 9.93. The Hall–Kier alpha value is -2.24. The number of aliphatic imine (C=N–C) groups is 1. The summed E-state index contributed by atoms with van der Waals surface area (Å²) in [4.78, 5) is 18.2. The lowest BCUT2D eigenvalue weighted by Crippen LogP contribution is -2.46. The van der Waals surface area contributed by atoms with E-state index in [4.69, 9.17) is 4.74 Å². The van der Waals surface area contributed by atoms with Gasteiger partial charge in [0.15, 0.2) is 5.96 Å². The second kappa shape index (κ2) is 10.0. The Morgan fingerprint density at radius 1 is 1.23 bits per heavy atom. The van der Waals surface area contributed by atoms with Crippen LogP contribution >= 0.6 is 0 Å². The van der Waals surface area contributed by atoms with E-state index in [2.05, 4.69) is 52.6 Å². The number of hydrogen-bond donors (Lipinski definition) is 2. The number of benzene rings is 1. The highest BCUT2D eigenvalue weighted by Gasteiger charge is 2.22. The maximum absolute atomic E-state index is 11.5. The molecule has 1 amide bonds. The van der Waals surface area contributed by atoms with Gasteiger partial charge in [-0.15, -0.1) is 0 Å². The standard InChI is InChI=1S/C20H32N4O2/c1-15-11-16(2)13-18(12-15)26-10-7-23-20(22-4)24-8-5-17(6-9-24)14-19(25)21-3/h11-13,17H,5-10,14H2,1-4H3,(H,21,25)(H,22,23). The number of rotatable bonds is 6. The highest BCUT2D eigenvalue weighted by Crippen LogP contribution is 2.20. The maximum atomic E-state index is 11.5. The molecule has 1 heterocycles. The van der Waals surface area contributed by atoms with Crippen LogP contribution in [-0.2, 0) is 4.79 Å². The number of aryl methyl sites for hydroxylation is 2. The molecule has 6 nitrogen and oxygen atoms in total. The van der Waals surface area contributed by atoms with E-state index in [1.54, 1.807) is 7.05 Å². The van der Waals surface area contributed by atoms with E-state index < -0.39 is 0 Å². The number of nitrogens with zero attached hydrogens (tertiary/aromatic N) is 2. The van der Waals surface area contributed by atoms with Gasteiger partial charge in [0.1, 0.15) is 12.4 Å². The number of piperidine rings is 1. The highest BCUT2D eigenvalue weighted by atomic mass is 16.5. The number of guanidine groups is 1. The second-order valence-corrected chi connectivity index (χ2v) is 6.95. The number of carbonyl (C=O) groups excluding carboxylic acids is 1. The van der Waals surface area contributed by atoms with Crippen LogP contribution in [-0.4, -0.2) is 57.1 Å². The number of ether oxygens (including phenoxy) is 1. The molecule has 0 spiro atoms. The Kier molecular flexibility index (Phi) is 7.75. The molecule has 0 radical (unpaired) electrons. The third-order valence-electron chi connectivity index (χ3n) is 4.73. The molecule has 2 N–H and O–H groups in total. The average molecular weight is 361 g/mol. The van der Waals surface area contributed by atoms with Crippen LogP contribution in [0.2, 0.25) is 0 Å². The maximum Gasteiger partial charge on any atom is 0.220 e. The largest absolute Gasteiger partial charge is 0.492 e. The number of nitrogens with one attached hydrogen (secondary N) is 2. The van der Waals surface area contributed by atoms with Crippen molar-refractivity contribution in [3.63, 3.8) is 0 Å². The molecule has 1 aliphatic rings. The second-order valence-electron chi connectivity index (χ2n) is 6.95. The molecule has 1 fully saturated rings. The van der Waals surface area contributed by atoms with Crippen molar-refractivity contribution in [2.75, 3.05) is 40.3 Å². The molecule has 144 valence electrons. The van der Waals surface area contributed by atoms with Crippen LogP contribution < -0.4 is 15.4 Å². The zero-order chi connectivity index (χ0) is 18.9. The summed E-state index contributed by atoms with van der Waals surface area (Å²) >= 11 is 0. The molecule has 1 aliphatic heterocycles. The Balaban J connectivity index is 1.72. The topological polar surface area (TPSA) is 66.0 Å². The van der Waals surface area contributed by atoms with Crippen molar-refractivity contribution in [1.29, 1.82) is 0 Å². The molecule has 0 bridgehead atoms. The van der Waals surface area contributed by atoms with Crippen molar-refractivity contribution in [2.45, 2.75) is 33.1 Å². The van der Waals surface area contributed by atoms with E-state index in [9.17, 15) is 4.79 Å². The zero-order valence-electron chi connectivity index (χ0n) is 16.5. The summed E-state index contributed by atoms with van der Waals surface area (Å²) in [6, 6.07) is 6.25.